The highest BCUT2D eigenvalue weighted by molar-refractivity contribution is 5.43. The van der Waals surface area contributed by atoms with Gasteiger partial charge in [-0.2, -0.15) is 0 Å². The van der Waals surface area contributed by atoms with Gasteiger partial charge in [-0.05, 0) is 24.5 Å². The van der Waals surface area contributed by atoms with E-state index in [-0.39, 0.29) is 12.1 Å². The van der Waals surface area contributed by atoms with Crippen LogP contribution in [0.15, 0.2) is 36.7 Å². The summed E-state index contributed by atoms with van der Waals surface area (Å²) in [5.74, 6) is 0.898. The summed E-state index contributed by atoms with van der Waals surface area (Å²) < 4.78 is 2.09. The van der Waals surface area contributed by atoms with Gasteiger partial charge in [-0.3, -0.25) is 0 Å². The van der Waals surface area contributed by atoms with Crippen LogP contribution in [0, 0.1) is 0 Å². The molecule has 94 valence electrons. The van der Waals surface area contributed by atoms with E-state index in [1.54, 1.807) is 0 Å². The maximum atomic E-state index is 6.24. The first-order valence-electron chi connectivity index (χ1n) is 6.40. The van der Waals surface area contributed by atoms with E-state index in [0.717, 1.165) is 18.9 Å². The van der Waals surface area contributed by atoms with E-state index < -0.39 is 0 Å². The molecule has 4 nitrogen and oxygen atoms in total. The minimum atomic E-state index is 0.115. The number of rotatable bonds is 3. The zero-order valence-electron chi connectivity index (χ0n) is 10.5. The number of hydrogen-bond acceptors (Lipinski definition) is 3. The maximum absolute atomic E-state index is 6.24. The molecule has 0 amide bonds. The largest absolute Gasteiger partial charge is 0.347 e. The molecule has 3 rings (SSSR count). The molecular formula is C14H18N4. The minimum Gasteiger partial charge on any atom is -0.347 e. The smallest absolute Gasteiger partial charge is 0.203 e. The van der Waals surface area contributed by atoms with Crippen molar-refractivity contribution in [1.29, 1.82) is 0 Å². The van der Waals surface area contributed by atoms with E-state index >= 15 is 0 Å². The summed E-state index contributed by atoms with van der Waals surface area (Å²) in [6, 6.07) is 8.72. The molecule has 1 aliphatic carbocycles. The summed E-state index contributed by atoms with van der Waals surface area (Å²) in [7, 11) is 0. The summed E-state index contributed by atoms with van der Waals surface area (Å²) in [6.07, 6.45) is 4.73. The van der Waals surface area contributed by atoms with Gasteiger partial charge in [-0.1, -0.05) is 24.3 Å². The second-order valence-electron chi connectivity index (χ2n) is 4.73. The van der Waals surface area contributed by atoms with Crippen molar-refractivity contribution in [2.45, 2.75) is 32.0 Å². The lowest BCUT2D eigenvalue weighted by molar-refractivity contribution is 0.613. The second kappa shape index (κ2) is 4.46. The van der Waals surface area contributed by atoms with Crippen LogP contribution in [0.2, 0.25) is 0 Å². The van der Waals surface area contributed by atoms with Crippen LogP contribution in [0.4, 0.5) is 5.95 Å². The lowest BCUT2D eigenvalue weighted by Gasteiger charge is -2.19. The van der Waals surface area contributed by atoms with Gasteiger partial charge >= 0.3 is 0 Å². The first-order valence-corrected chi connectivity index (χ1v) is 6.40. The van der Waals surface area contributed by atoms with Gasteiger partial charge in [0.15, 0.2) is 0 Å². The number of nitrogens with one attached hydrogen (secondary N) is 1. The van der Waals surface area contributed by atoms with Crippen molar-refractivity contribution in [2.24, 2.45) is 5.73 Å². The van der Waals surface area contributed by atoms with Crippen LogP contribution in [-0.4, -0.2) is 15.6 Å². The Labute approximate surface area is 107 Å². The number of hydrogen-bond donors (Lipinski definition) is 2. The molecule has 1 aliphatic rings. The van der Waals surface area contributed by atoms with Gasteiger partial charge < -0.3 is 15.6 Å². The van der Waals surface area contributed by atoms with Crippen molar-refractivity contribution in [3.05, 3.63) is 47.8 Å². The van der Waals surface area contributed by atoms with Crippen molar-refractivity contribution < 1.29 is 0 Å². The van der Waals surface area contributed by atoms with Crippen molar-refractivity contribution in [2.75, 3.05) is 5.32 Å². The van der Waals surface area contributed by atoms with Crippen molar-refractivity contribution in [3.8, 4) is 0 Å². The Morgan fingerprint density at radius 2 is 2.28 bits per heavy atom. The molecule has 0 fully saturated rings. The van der Waals surface area contributed by atoms with Crippen LogP contribution in [0.3, 0.4) is 0 Å². The highest BCUT2D eigenvalue weighted by Crippen LogP contribution is 2.32. The number of imidazole rings is 1. The summed E-state index contributed by atoms with van der Waals surface area (Å²) in [4.78, 5) is 4.35. The highest BCUT2D eigenvalue weighted by atomic mass is 15.2. The predicted molar refractivity (Wildman–Crippen MR) is 72.4 cm³/mol. The number of anilines is 1. The molecule has 1 aromatic heterocycles. The number of aromatic nitrogens is 2. The molecule has 0 bridgehead atoms. The van der Waals surface area contributed by atoms with E-state index in [1.165, 1.54) is 11.1 Å². The number of fused-ring (bicyclic) bond motifs is 1. The van der Waals surface area contributed by atoms with Crippen LogP contribution in [0.5, 0.6) is 0 Å². The molecular weight excluding hydrogens is 224 g/mol. The molecule has 0 saturated heterocycles. The molecule has 1 aromatic carbocycles. The molecule has 4 heteroatoms. The van der Waals surface area contributed by atoms with Crippen LogP contribution < -0.4 is 11.1 Å². The third-order valence-corrected chi connectivity index (χ3v) is 3.61. The summed E-state index contributed by atoms with van der Waals surface area (Å²) in [6.45, 7) is 3.02. The van der Waals surface area contributed by atoms with E-state index in [0.29, 0.717) is 0 Å². The lowest BCUT2D eigenvalue weighted by atomic mass is 10.1. The summed E-state index contributed by atoms with van der Waals surface area (Å²) in [5.41, 5.74) is 8.88. The minimum absolute atomic E-state index is 0.115. The third kappa shape index (κ3) is 1.78. The maximum Gasteiger partial charge on any atom is 0.203 e. The number of nitrogens with two attached hydrogens (primary N) is 1. The zero-order chi connectivity index (χ0) is 12.5. The molecule has 3 N–H and O–H groups in total. The number of benzene rings is 1. The summed E-state index contributed by atoms with van der Waals surface area (Å²) in [5, 5.41) is 3.47. The molecule has 1 heterocycles. The topological polar surface area (TPSA) is 55.9 Å². The van der Waals surface area contributed by atoms with E-state index in [9.17, 15) is 0 Å². The van der Waals surface area contributed by atoms with Gasteiger partial charge in [-0.15, -0.1) is 0 Å². The lowest BCUT2D eigenvalue weighted by Crippen LogP contribution is -2.30. The standard InChI is InChI=1S/C14H18N4/c1-2-18-8-7-16-14(18)17-13-11-6-4-3-5-10(11)9-12(13)15/h3-8,12-13H,2,9,15H2,1H3,(H,16,17). The van der Waals surface area contributed by atoms with E-state index in [2.05, 4.69) is 46.1 Å². The average molecular weight is 242 g/mol. The van der Waals surface area contributed by atoms with Crippen LogP contribution >= 0.6 is 0 Å². The van der Waals surface area contributed by atoms with Crippen LogP contribution in [0.25, 0.3) is 0 Å². The Bertz CT molecular complexity index is 546. The Morgan fingerprint density at radius 1 is 1.44 bits per heavy atom. The fourth-order valence-electron chi connectivity index (χ4n) is 2.65. The van der Waals surface area contributed by atoms with Crippen molar-refractivity contribution >= 4 is 5.95 Å². The van der Waals surface area contributed by atoms with Gasteiger partial charge in [0.2, 0.25) is 5.95 Å². The molecule has 2 aromatic rings. The monoisotopic (exact) mass is 242 g/mol. The van der Waals surface area contributed by atoms with Gasteiger partial charge in [-0.25, -0.2) is 4.98 Å². The number of nitrogens with zero attached hydrogens (tertiary/aromatic N) is 2. The highest BCUT2D eigenvalue weighted by Gasteiger charge is 2.30. The molecule has 0 aliphatic heterocycles. The van der Waals surface area contributed by atoms with Crippen molar-refractivity contribution in [1.82, 2.24) is 9.55 Å². The Kier molecular flexibility index (Phi) is 2.80. The normalized spacial score (nSPS) is 21.9. The number of aryl methyl sites for hydroxylation is 1. The van der Waals surface area contributed by atoms with Crippen LogP contribution in [0.1, 0.15) is 24.1 Å². The van der Waals surface area contributed by atoms with Gasteiger partial charge in [0.05, 0.1) is 6.04 Å². The predicted octanol–water partition coefficient (Wildman–Crippen LogP) is 1.94. The SMILES string of the molecule is CCn1ccnc1NC1c2ccccc2CC1N. The quantitative estimate of drug-likeness (QED) is 0.864. The van der Waals surface area contributed by atoms with Gasteiger partial charge in [0, 0.05) is 25.0 Å². The first-order chi connectivity index (χ1) is 8.79. The fraction of sp³-hybridized carbons (Fsp3) is 0.357. The Balaban J connectivity index is 1.89. The fourth-order valence-corrected chi connectivity index (χ4v) is 2.65. The Hall–Kier alpha value is -1.81. The van der Waals surface area contributed by atoms with Crippen molar-refractivity contribution in [3.63, 3.8) is 0 Å². The average Bonchev–Trinajstić information content (AvgIpc) is 2.95. The second-order valence-corrected chi connectivity index (χ2v) is 4.73. The molecule has 2 unspecified atom stereocenters. The molecule has 0 radical (unpaired) electrons. The van der Waals surface area contributed by atoms with Gasteiger partial charge in [0.25, 0.3) is 0 Å². The van der Waals surface area contributed by atoms with E-state index in [1.807, 2.05) is 12.4 Å². The molecule has 2 atom stereocenters. The molecule has 18 heavy (non-hydrogen) atoms. The Morgan fingerprint density at radius 3 is 3.11 bits per heavy atom. The molecule has 0 saturated carbocycles. The van der Waals surface area contributed by atoms with E-state index in [4.69, 9.17) is 5.73 Å². The summed E-state index contributed by atoms with van der Waals surface area (Å²) >= 11 is 0. The first kappa shape index (κ1) is 11.3. The zero-order valence-corrected chi connectivity index (χ0v) is 10.5. The van der Waals surface area contributed by atoms with Crippen LogP contribution in [-0.2, 0) is 13.0 Å². The third-order valence-electron chi connectivity index (χ3n) is 3.61. The molecule has 0 spiro atoms. The van der Waals surface area contributed by atoms with Gasteiger partial charge in [0.1, 0.15) is 0 Å².